The lowest BCUT2D eigenvalue weighted by molar-refractivity contribution is 0.0690. The number of nitrogens with zero attached hydrogens (tertiary/aromatic N) is 3. The minimum Gasteiger partial charge on any atom is -0.476 e. The van der Waals surface area contributed by atoms with E-state index in [1.54, 1.807) is 0 Å². The highest BCUT2D eigenvalue weighted by molar-refractivity contribution is 5.84. The molecule has 0 bridgehead atoms. The van der Waals surface area contributed by atoms with Crippen LogP contribution in [-0.2, 0) is 0 Å². The first-order valence-electron chi connectivity index (χ1n) is 6.63. The van der Waals surface area contributed by atoms with Crippen molar-refractivity contribution in [3.63, 3.8) is 0 Å². The number of piperidine rings is 1. The number of carbonyl (C=O) groups is 1. The summed E-state index contributed by atoms with van der Waals surface area (Å²) in [7, 11) is 2.16. The Labute approximate surface area is 112 Å². The first-order valence-corrected chi connectivity index (χ1v) is 6.63. The third-order valence-electron chi connectivity index (χ3n) is 3.57. The van der Waals surface area contributed by atoms with E-state index in [0.717, 1.165) is 18.9 Å². The highest BCUT2D eigenvalue weighted by atomic mass is 16.4. The number of nitrogens with one attached hydrogen (secondary N) is 1. The van der Waals surface area contributed by atoms with E-state index in [9.17, 15) is 4.79 Å². The van der Waals surface area contributed by atoms with E-state index < -0.39 is 5.97 Å². The van der Waals surface area contributed by atoms with Crippen molar-refractivity contribution < 1.29 is 9.90 Å². The van der Waals surface area contributed by atoms with E-state index in [2.05, 4.69) is 27.2 Å². The van der Waals surface area contributed by atoms with Crippen molar-refractivity contribution >= 4 is 11.8 Å². The van der Waals surface area contributed by atoms with Gasteiger partial charge in [0.2, 0.25) is 0 Å². The minimum absolute atomic E-state index is 0.0270. The molecule has 2 N–H and O–H groups in total. The molecule has 2 heterocycles. The summed E-state index contributed by atoms with van der Waals surface area (Å²) < 4.78 is 0. The molecule has 0 atom stereocenters. The summed E-state index contributed by atoms with van der Waals surface area (Å²) in [5.41, 5.74) is -0.0270. The number of carboxylic acids is 1. The molecule has 0 amide bonds. The zero-order valence-corrected chi connectivity index (χ0v) is 11.2. The van der Waals surface area contributed by atoms with Gasteiger partial charge in [-0.25, -0.2) is 14.8 Å². The lowest BCUT2D eigenvalue weighted by Crippen LogP contribution is -2.30. The standard InChI is InChI=1S/C13H20N4O2/c1-17-6-3-10(4-7-17)2-5-14-12-9-15-11(8-16-12)13(18)19/h8-10H,2-7H2,1H3,(H,14,16)(H,18,19). The maximum absolute atomic E-state index is 10.6. The molecular formula is C13H20N4O2. The summed E-state index contributed by atoms with van der Waals surface area (Å²) in [6, 6.07) is 0. The molecule has 104 valence electrons. The molecule has 6 heteroatoms. The second-order valence-electron chi connectivity index (χ2n) is 5.05. The SMILES string of the molecule is CN1CCC(CCNc2cnc(C(=O)O)cn2)CC1. The molecule has 0 aliphatic carbocycles. The molecule has 1 saturated heterocycles. The first-order chi connectivity index (χ1) is 9.15. The average molecular weight is 264 g/mol. The van der Waals surface area contributed by atoms with E-state index in [4.69, 9.17) is 5.11 Å². The predicted molar refractivity (Wildman–Crippen MR) is 72.3 cm³/mol. The molecule has 1 aromatic rings. The largest absolute Gasteiger partial charge is 0.476 e. The molecule has 1 fully saturated rings. The lowest BCUT2D eigenvalue weighted by atomic mass is 9.94. The van der Waals surface area contributed by atoms with Crippen LogP contribution >= 0.6 is 0 Å². The van der Waals surface area contributed by atoms with Gasteiger partial charge in [0.05, 0.1) is 12.4 Å². The van der Waals surface area contributed by atoms with Crippen LogP contribution in [0.3, 0.4) is 0 Å². The zero-order chi connectivity index (χ0) is 13.7. The molecule has 1 aromatic heterocycles. The number of carboxylic acid groups (broad SMARTS) is 1. The molecule has 0 radical (unpaired) electrons. The number of aromatic carboxylic acids is 1. The molecule has 6 nitrogen and oxygen atoms in total. The fourth-order valence-electron chi connectivity index (χ4n) is 2.28. The molecule has 1 aliphatic rings. The van der Waals surface area contributed by atoms with E-state index in [-0.39, 0.29) is 5.69 Å². The van der Waals surface area contributed by atoms with Crippen LogP contribution in [0.2, 0.25) is 0 Å². The van der Waals surface area contributed by atoms with Gasteiger partial charge in [-0.3, -0.25) is 0 Å². The van der Waals surface area contributed by atoms with E-state index >= 15 is 0 Å². The number of hydrogen-bond acceptors (Lipinski definition) is 5. The molecular weight excluding hydrogens is 244 g/mol. The van der Waals surface area contributed by atoms with Crippen molar-refractivity contribution in [2.45, 2.75) is 19.3 Å². The minimum atomic E-state index is -1.05. The Morgan fingerprint density at radius 3 is 2.74 bits per heavy atom. The van der Waals surface area contributed by atoms with Gasteiger partial charge in [-0.05, 0) is 45.3 Å². The van der Waals surface area contributed by atoms with Crippen molar-refractivity contribution in [1.82, 2.24) is 14.9 Å². The summed E-state index contributed by atoms with van der Waals surface area (Å²) >= 11 is 0. The van der Waals surface area contributed by atoms with E-state index in [1.165, 1.54) is 38.3 Å². The number of hydrogen-bond donors (Lipinski definition) is 2. The fourth-order valence-corrected chi connectivity index (χ4v) is 2.28. The number of aromatic nitrogens is 2. The normalized spacial score (nSPS) is 17.3. The Morgan fingerprint density at radius 1 is 1.42 bits per heavy atom. The second-order valence-corrected chi connectivity index (χ2v) is 5.05. The van der Waals surface area contributed by atoms with Crippen molar-refractivity contribution in [2.75, 3.05) is 32.0 Å². The number of likely N-dealkylation sites (tertiary alicyclic amines) is 1. The van der Waals surface area contributed by atoms with Crippen LogP contribution in [0.4, 0.5) is 5.82 Å². The quantitative estimate of drug-likeness (QED) is 0.835. The van der Waals surface area contributed by atoms with Crippen LogP contribution in [0.5, 0.6) is 0 Å². The van der Waals surface area contributed by atoms with Crippen molar-refractivity contribution in [3.8, 4) is 0 Å². The average Bonchev–Trinajstić information content (AvgIpc) is 2.41. The molecule has 0 saturated carbocycles. The monoisotopic (exact) mass is 264 g/mol. The number of anilines is 1. The molecule has 1 aliphatic heterocycles. The van der Waals surface area contributed by atoms with Gasteiger partial charge in [0.1, 0.15) is 5.82 Å². The summed E-state index contributed by atoms with van der Waals surface area (Å²) in [6.45, 7) is 3.21. The van der Waals surface area contributed by atoms with Crippen molar-refractivity contribution in [1.29, 1.82) is 0 Å². The van der Waals surface area contributed by atoms with Gasteiger partial charge in [-0.1, -0.05) is 0 Å². The van der Waals surface area contributed by atoms with Crippen LogP contribution in [0, 0.1) is 5.92 Å². The van der Waals surface area contributed by atoms with Crippen LogP contribution in [-0.4, -0.2) is 52.6 Å². The summed E-state index contributed by atoms with van der Waals surface area (Å²) in [4.78, 5) is 20.8. The van der Waals surface area contributed by atoms with E-state index in [1.807, 2.05) is 0 Å². The third-order valence-corrected chi connectivity index (χ3v) is 3.57. The zero-order valence-electron chi connectivity index (χ0n) is 11.2. The highest BCUT2D eigenvalue weighted by Crippen LogP contribution is 2.19. The second kappa shape index (κ2) is 6.47. The van der Waals surface area contributed by atoms with Crippen LogP contribution in [0.25, 0.3) is 0 Å². The third kappa shape index (κ3) is 4.17. The Hall–Kier alpha value is -1.69. The maximum atomic E-state index is 10.6. The highest BCUT2D eigenvalue weighted by Gasteiger charge is 2.16. The van der Waals surface area contributed by atoms with Gasteiger partial charge in [0.25, 0.3) is 0 Å². The smallest absolute Gasteiger partial charge is 0.356 e. The van der Waals surface area contributed by atoms with Gasteiger partial charge in [-0.15, -0.1) is 0 Å². The summed E-state index contributed by atoms with van der Waals surface area (Å²) in [5.74, 6) is 0.359. The molecule has 0 spiro atoms. The Morgan fingerprint density at radius 2 is 2.16 bits per heavy atom. The summed E-state index contributed by atoms with van der Waals surface area (Å²) in [5, 5.41) is 11.9. The van der Waals surface area contributed by atoms with Crippen molar-refractivity contribution in [2.24, 2.45) is 5.92 Å². The Kier molecular flexibility index (Phi) is 4.68. The van der Waals surface area contributed by atoms with Gasteiger partial charge in [-0.2, -0.15) is 0 Å². The molecule has 2 rings (SSSR count). The van der Waals surface area contributed by atoms with E-state index in [0.29, 0.717) is 5.82 Å². The van der Waals surface area contributed by atoms with Crippen LogP contribution in [0.1, 0.15) is 29.8 Å². The Bertz CT molecular complexity index is 413. The fraction of sp³-hybridized carbons (Fsp3) is 0.615. The number of rotatable bonds is 5. The molecule has 0 aromatic carbocycles. The van der Waals surface area contributed by atoms with Gasteiger partial charge in [0.15, 0.2) is 5.69 Å². The van der Waals surface area contributed by atoms with Crippen LogP contribution < -0.4 is 5.32 Å². The van der Waals surface area contributed by atoms with Gasteiger partial charge in [0, 0.05) is 6.54 Å². The predicted octanol–water partition coefficient (Wildman–Crippen LogP) is 1.32. The van der Waals surface area contributed by atoms with Gasteiger partial charge < -0.3 is 15.3 Å². The first kappa shape index (κ1) is 13.7. The molecule has 19 heavy (non-hydrogen) atoms. The summed E-state index contributed by atoms with van der Waals surface area (Å²) in [6.07, 6.45) is 6.37. The molecule has 0 unspecified atom stereocenters. The lowest BCUT2D eigenvalue weighted by Gasteiger charge is -2.28. The maximum Gasteiger partial charge on any atom is 0.356 e. The van der Waals surface area contributed by atoms with Gasteiger partial charge >= 0.3 is 5.97 Å². The topological polar surface area (TPSA) is 78.4 Å². The van der Waals surface area contributed by atoms with Crippen molar-refractivity contribution in [3.05, 3.63) is 18.1 Å². The van der Waals surface area contributed by atoms with Crippen LogP contribution in [0.15, 0.2) is 12.4 Å². The Balaban J connectivity index is 1.72.